The van der Waals surface area contributed by atoms with Crippen LogP contribution in [0.25, 0.3) is 16.5 Å². The molecule has 3 nitrogen and oxygen atoms in total. The van der Waals surface area contributed by atoms with Crippen molar-refractivity contribution in [1.29, 1.82) is 0 Å². The van der Waals surface area contributed by atoms with Crippen LogP contribution in [0.3, 0.4) is 0 Å². The minimum Gasteiger partial charge on any atom is -0.144 e. The zero-order chi connectivity index (χ0) is 10.9. The third-order valence-corrected chi connectivity index (χ3v) is 3.02. The van der Waals surface area contributed by atoms with Crippen molar-refractivity contribution in [2.45, 2.75) is 26.2 Å². The highest BCUT2D eigenvalue weighted by Crippen LogP contribution is 2.20. The van der Waals surface area contributed by atoms with Gasteiger partial charge in [-0.1, -0.05) is 24.5 Å². The summed E-state index contributed by atoms with van der Waals surface area (Å²) in [4.78, 5) is 3.99. The summed E-state index contributed by atoms with van der Waals surface area (Å²) in [5.74, 6) is 0. The molecule has 4 heteroatoms. The Morgan fingerprint density at radius 2 is 2.47 bits per heavy atom. The molecule has 0 unspecified atom stereocenters. The van der Waals surface area contributed by atoms with E-state index in [1.165, 1.54) is 23.3 Å². The van der Waals surface area contributed by atoms with E-state index < -0.39 is 0 Å². The van der Waals surface area contributed by atoms with Crippen LogP contribution >= 0.6 is 11.3 Å². The summed E-state index contributed by atoms with van der Waals surface area (Å²) in [5, 5.41) is 5.57. The first-order valence-electron chi connectivity index (χ1n) is 5.12. The SMILES string of the molecule is CCCCc1ccsc1C=CCN=[N+]=[N-]. The van der Waals surface area contributed by atoms with E-state index >= 15 is 0 Å². The van der Waals surface area contributed by atoms with E-state index in [2.05, 4.69) is 28.4 Å². The molecule has 0 bridgehead atoms. The smallest absolute Gasteiger partial charge is 0.0443 e. The highest BCUT2D eigenvalue weighted by Gasteiger charge is 1.99. The standard InChI is InChI=1S/C11H15N3S/c1-2-3-5-10-7-9-15-11(10)6-4-8-13-14-12/h4,6-7,9H,2-3,5,8H2,1H3. The molecule has 1 heterocycles. The quantitative estimate of drug-likeness (QED) is 0.388. The Morgan fingerprint density at radius 1 is 1.60 bits per heavy atom. The maximum absolute atomic E-state index is 8.12. The predicted molar refractivity (Wildman–Crippen MR) is 66.0 cm³/mol. The fraction of sp³-hybridized carbons (Fsp3) is 0.455. The number of nitrogens with zero attached hydrogens (tertiary/aromatic N) is 3. The molecule has 0 saturated carbocycles. The molecule has 0 aliphatic carbocycles. The Balaban J connectivity index is 2.55. The van der Waals surface area contributed by atoms with Crippen molar-refractivity contribution in [3.8, 4) is 0 Å². The third-order valence-electron chi connectivity index (χ3n) is 2.10. The molecule has 1 aromatic rings. The Bertz CT molecular complexity index is 362. The van der Waals surface area contributed by atoms with Crippen molar-refractivity contribution >= 4 is 17.4 Å². The first kappa shape index (κ1) is 11.8. The van der Waals surface area contributed by atoms with Crippen molar-refractivity contribution < 1.29 is 0 Å². The van der Waals surface area contributed by atoms with Gasteiger partial charge in [-0.15, -0.1) is 11.3 Å². The van der Waals surface area contributed by atoms with Crippen molar-refractivity contribution in [1.82, 2.24) is 0 Å². The lowest BCUT2D eigenvalue weighted by Gasteiger charge is -1.97. The fourth-order valence-electron chi connectivity index (χ4n) is 1.31. The van der Waals surface area contributed by atoms with E-state index in [1.807, 2.05) is 12.2 Å². The van der Waals surface area contributed by atoms with Crippen molar-refractivity contribution in [3.05, 3.63) is 38.4 Å². The summed E-state index contributed by atoms with van der Waals surface area (Å²) in [7, 11) is 0. The van der Waals surface area contributed by atoms with Gasteiger partial charge in [-0.2, -0.15) is 0 Å². The Labute approximate surface area is 94.1 Å². The largest absolute Gasteiger partial charge is 0.144 e. The maximum Gasteiger partial charge on any atom is 0.0443 e. The summed E-state index contributed by atoms with van der Waals surface area (Å²) in [6.07, 6.45) is 7.54. The van der Waals surface area contributed by atoms with Crippen LogP contribution in [0.4, 0.5) is 0 Å². The summed E-state index contributed by atoms with van der Waals surface area (Å²) in [6.45, 7) is 2.63. The number of azide groups is 1. The molecular weight excluding hydrogens is 206 g/mol. The summed E-state index contributed by atoms with van der Waals surface area (Å²) in [6, 6.07) is 2.17. The van der Waals surface area contributed by atoms with E-state index in [0.717, 1.165) is 6.42 Å². The molecular formula is C11H15N3S. The van der Waals surface area contributed by atoms with Gasteiger partial charge in [0.2, 0.25) is 0 Å². The molecule has 0 amide bonds. The van der Waals surface area contributed by atoms with Gasteiger partial charge in [0, 0.05) is 16.3 Å². The minimum absolute atomic E-state index is 0.432. The molecule has 0 fully saturated rings. The van der Waals surface area contributed by atoms with Crippen LogP contribution in [0, 0.1) is 0 Å². The van der Waals surface area contributed by atoms with Gasteiger partial charge in [-0.25, -0.2) is 0 Å². The molecule has 0 aliphatic rings. The molecule has 0 aliphatic heterocycles. The van der Waals surface area contributed by atoms with Gasteiger partial charge in [0.05, 0.1) is 0 Å². The van der Waals surface area contributed by atoms with E-state index in [-0.39, 0.29) is 0 Å². The van der Waals surface area contributed by atoms with Gasteiger partial charge in [-0.3, -0.25) is 0 Å². The highest BCUT2D eigenvalue weighted by atomic mass is 32.1. The maximum atomic E-state index is 8.12. The van der Waals surface area contributed by atoms with Crippen LogP contribution in [0.5, 0.6) is 0 Å². The zero-order valence-electron chi connectivity index (χ0n) is 8.89. The molecule has 0 radical (unpaired) electrons. The van der Waals surface area contributed by atoms with Crippen molar-refractivity contribution in [2.24, 2.45) is 5.11 Å². The van der Waals surface area contributed by atoms with Crippen LogP contribution in [-0.2, 0) is 6.42 Å². The van der Waals surface area contributed by atoms with Crippen molar-refractivity contribution in [3.63, 3.8) is 0 Å². The average molecular weight is 221 g/mol. The second kappa shape index (κ2) is 7.10. The minimum atomic E-state index is 0.432. The van der Waals surface area contributed by atoms with Gasteiger partial charge < -0.3 is 0 Å². The first-order chi connectivity index (χ1) is 7.38. The van der Waals surface area contributed by atoms with E-state index in [1.54, 1.807) is 11.3 Å². The predicted octanol–water partition coefficient (Wildman–Crippen LogP) is 4.41. The van der Waals surface area contributed by atoms with Gasteiger partial charge in [0.25, 0.3) is 0 Å². The normalized spacial score (nSPS) is 10.5. The molecule has 0 aromatic carbocycles. The number of thiophene rings is 1. The van der Waals surface area contributed by atoms with Crippen LogP contribution in [0.2, 0.25) is 0 Å². The monoisotopic (exact) mass is 221 g/mol. The third kappa shape index (κ3) is 4.19. The van der Waals surface area contributed by atoms with Crippen LogP contribution < -0.4 is 0 Å². The lowest BCUT2D eigenvalue weighted by atomic mass is 10.1. The Morgan fingerprint density at radius 3 is 3.20 bits per heavy atom. The lowest BCUT2D eigenvalue weighted by Crippen LogP contribution is -1.83. The Hall–Kier alpha value is -1.25. The molecule has 0 N–H and O–H groups in total. The number of hydrogen-bond acceptors (Lipinski definition) is 2. The second-order valence-corrected chi connectivity index (χ2v) is 4.18. The molecule has 15 heavy (non-hydrogen) atoms. The number of rotatable bonds is 6. The number of hydrogen-bond donors (Lipinski definition) is 0. The summed E-state index contributed by atoms with van der Waals surface area (Å²) < 4.78 is 0. The fourth-order valence-corrected chi connectivity index (χ4v) is 2.19. The van der Waals surface area contributed by atoms with Gasteiger partial charge in [0.15, 0.2) is 0 Å². The van der Waals surface area contributed by atoms with E-state index in [9.17, 15) is 0 Å². The molecule has 0 saturated heterocycles. The van der Waals surface area contributed by atoms with Crippen LogP contribution in [0.15, 0.2) is 22.6 Å². The molecule has 1 rings (SSSR count). The van der Waals surface area contributed by atoms with E-state index in [4.69, 9.17) is 5.53 Å². The number of unbranched alkanes of at least 4 members (excludes halogenated alkanes) is 1. The molecule has 80 valence electrons. The highest BCUT2D eigenvalue weighted by molar-refractivity contribution is 7.11. The molecule has 0 spiro atoms. The number of aryl methyl sites for hydroxylation is 1. The van der Waals surface area contributed by atoms with Crippen LogP contribution in [-0.4, -0.2) is 6.54 Å². The second-order valence-electron chi connectivity index (χ2n) is 3.23. The van der Waals surface area contributed by atoms with Gasteiger partial charge >= 0.3 is 0 Å². The zero-order valence-corrected chi connectivity index (χ0v) is 9.70. The first-order valence-corrected chi connectivity index (χ1v) is 6.00. The van der Waals surface area contributed by atoms with Crippen LogP contribution in [0.1, 0.15) is 30.2 Å². The molecule has 0 atom stereocenters. The van der Waals surface area contributed by atoms with Crippen molar-refractivity contribution in [2.75, 3.05) is 6.54 Å². The topological polar surface area (TPSA) is 48.8 Å². The molecule has 1 aromatic heterocycles. The lowest BCUT2D eigenvalue weighted by molar-refractivity contribution is 0.796. The average Bonchev–Trinajstić information content (AvgIpc) is 2.69. The summed E-state index contributed by atoms with van der Waals surface area (Å²) in [5.41, 5.74) is 9.52. The Kier molecular flexibility index (Phi) is 5.59. The summed E-state index contributed by atoms with van der Waals surface area (Å²) >= 11 is 1.74. The van der Waals surface area contributed by atoms with E-state index in [0.29, 0.717) is 6.54 Å². The van der Waals surface area contributed by atoms with Gasteiger partial charge in [-0.05, 0) is 41.5 Å². The van der Waals surface area contributed by atoms with Gasteiger partial charge in [0.1, 0.15) is 0 Å².